The van der Waals surface area contributed by atoms with Gasteiger partial charge in [0.25, 0.3) is 5.56 Å². The highest BCUT2D eigenvalue weighted by Crippen LogP contribution is 2.08. The van der Waals surface area contributed by atoms with Crippen LogP contribution in [0.15, 0.2) is 36.4 Å². The largest absolute Gasteiger partial charge is 0.445 e. The van der Waals surface area contributed by atoms with Crippen LogP contribution < -0.4 is 10.9 Å². The van der Waals surface area contributed by atoms with E-state index in [0.717, 1.165) is 0 Å². The van der Waals surface area contributed by atoms with Crippen LogP contribution in [0.2, 0.25) is 0 Å². The van der Waals surface area contributed by atoms with E-state index in [1.165, 1.54) is 23.0 Å². The van der Waals surface area contributed by atoms with Crippen molar-refractivity contribution in [1.29, 1.82) is 0 Å². The quantitative estimate of drug-likeness (QED) is 0.794. The molecule has 104 valence electrons. The Morgan fingerprint density at radius 1 is 1.50 bits per heavy atom. The number of allylic oxidation sites excluding steroid dienone is 1. The third kappa shape index (κ3) is 2.58. The number of nitrogens with zero attached hydrogens (tertiary/aromatic N) is 3. The Hall–Kier alpha value is -2.90. The molecule has 2 rings (SSSR count). The lowest BCUT2D eigenvalue weighted by molar-refractivity contribution is 0.174. The van der Waals surface area contributed by atoms with Crippen LogP contribution in [0.1, 0.15) is 0 Å². The molecular formula is C12H13N5O3. The van der Waals surface area contributed by atoms with Crippen LogP contribution in [-0.4, -0.2) is 32.2 Å². The van der Waals surface area contributed by atoms with Crippen LogP contribution in [0.4, 0.5) is 10.7 Å². The molecule has 2 N–H and O–H groups in total. The summed E-state index contributed by atoms with van der Waals surface area (Å²) in [4.78, 5) is 34.4. The average molecular weight is 275 g/mol. The maximum absolute atomic E-state index is 12.2. The molecule has 0 aliphatic heterocycles. The molecule has 20 heavy (non-hydrogen) atoms. The van der Waals surface area contributed by atoms with Gasteiger partial charge in [-0.3, -0.25) is 14.7 Å². The lowest BCUT2D eigenvalue weighted by Gasteiger charge is -2.10. The maximum atomic E-state index is 12.2. The fourth-order valence-electron chi connectivity index (χ4n) is 1.58. The Bertz CT molecular complexity index is 715. The van der Waals surface area contributed by atoms with Crippen LogP contribution in [-0.2, 0) is 11.3 Å². The normalized spacial score (nSPS) is 10.2. The van der Waals surface area contributed by atoms with E-state index in [9.17, 15) is 9.59 Å². The first kappa shape index (κ1) is 13.5. The van der Waals surface area contributed by atoms with Gasteiger partial charge in [0.05, 0.1) is 6.33 Å². The minimum absolute atomic E-state index is 0.0450. The summed E-state index contributed by atoms with van der Waals surface area (Å²) in [5, 5.41) is 2.39. The van der Waals surface area contributed by atoms with Gasteiger partial charge >= 0.3 is 6.09 Å². The topological polar surface area (TPSA) is 102 Å². The molecule has 0 radical (unpaired) electrons. The first-order valence-corrected chi connectivity index (χ1v) is 5.77. The molecule has 2 aromatic heterocycles. The summed E-state index contributed by atoms with van der Waals surface area (Å²) in [5.41, 5.74) is 0.123. The van der Waals surface area contributed by atoms with E-state index in [4.69, 9.17) is 4.74 Å². The third-order valence-corrected chi connectivity index (χ3v) is 2.40. The smallest absolute Gasteiger partial charge is 0.414 e. The van der Waals surface area contributed by atoms with E-state index in [0.29, 0.717) is 0 Å². The van der Waals surface area contributed by atoms with Crippen LogP contribution in [0.25, 0.3) is 11.2 Å². The highest BCUT2D eigenvalue weighted by atomic mass is 16.5. The van der Waals surface area contributed by atoms with Crippen molar-refractivity contribution in [3.05, 3.63) is 42.0 Å². The van der Waals surface area contributed by atoms with Gasteiger partial charge in [0, 0.05) is 6.54 Å². The number of ether oxygens (including phenoxy) is 1. The first-order valence-electron chi connectivity index (χ1n) is 5.77. The second-order valence-corrected chi connectivity index (χ2v) is 3.75. The molecule has 0 bridgehead atoms. The van der Waals surface area contributed by atoms with Crippen LogP contribution >= 0.6 is 0 Å². The standard InChI is InChI=1S/C12H13N5O3/c1-3-5-17-10(18)8-9(14-7-13-8)15-11(17)16-12(19)20-6-4-2/h3-4,7H,1-2,5-6H2,(H,13,14)(H,15,16,19). The van der Waals surface area contributed by atoms with E-state index < -0.39 is 6.09 Å². The lowest BCUT2D eigenvalue weighted by Crippen LogP contribution is -2.27. The molecular weight excluding hydrogens is 262 g/mol. The fraction of sp³-hybridized carbons (Fsp3) is 0.167. The average Bonchev–Trinajstić information content (AvgIpc) is 2.89. The zero-order valence-electron chi connectivity index (χ0n) is 10.6. The number of amides is 1. The van der Waals surface area contributed by atoms with Crippen LogP contribution in [0.5, 0.6) is 0 Å². The molecule has 0 fully saturated rings. The lowest BCUT2D eigenvalue weighted by atomic mass is 10.5. The number of hydrogen-bond donors (Lipinski definition) is 2. The highest BCUT2D eigenvalue weighted by Gasteiger charge is 2.14. The number of rotatable bonds is 5. The Morgan fingerprint density at radius 2 is 2.30 bits per heavy atom. The molecule has 8 heteroatoms. The summed E-state index contributed by atoms with van der Waals surface area (Å²) in [7, 11) is 0. The summed E-state index contributed by atoms with van der Waals surface area (Å²) < 4.78 is 6.04. The Balaban J connectivity index is 2.41. The number of aromatic nitrogens is 4. The summed E-state index contributed by atoms with van der Waals surface area (Å²) >= 11 is 0. The summed E-state index contributed by atoms with van der Waals surface area (Å²) in [6.45, 7) is 7.25. The molecule has 1 amide bonds. The van der Waals surface area contributed by atoms with E-state index in [1.54, 1.807) is 0 Å². The molecule has 2 heterocycles. The van der Waals surface area contributed by atoms with Gasteiger partial charge in [0.2, 0.25) is 5.95 Å². The minimum atomic E-state index is -0.732. The SMILES string of the molecule is C=CCOC(=O)Nc1nc2nc[nH]c2c(=O)n1CC=C. The number of nitrogens with one attached hydrogen (secondary N) is 2. The molecule has 0 spiro atoms. The van der Waals surface area contributed by atoms with Crippen molar-refractivity contribution in [2.75, 3.05) is 11.9 Å². The van der Waals surface area contributed by atoms with E-state index in [2.05, 4.69) is 33.4 Å². The summed E-state index contributed by atoms with van der Waals surface area (Å²) in [6, 6.07) is 0. The summed E-state index contributed by atoms with van der Waals surface area (Å²) in [6.07, 6.45) is 3.58. The van der Waals surface area contributed by atoms with E-state index in [1.807, 2.05) is 0 Å². The molecule has 0 aliphatic carbocycles. The molecule has 0 atom stereocenters. The van der Waals surface area contributed by atoms with Gasteiger partial charge in [0.1, 0.15) is 6.61 Å². The molecule has 0 unspecified atom stereocenters. The van der Waals surface area contributed by atoms with Gasteiger partial charge in [-0.1, -0.05) is 18.7 Å². The van der Waals surface area contributed by atoms with Crippen molar-refractivity contribution >= 4 is 23.2 Å². The predicted molar refractivity (Wildman–Crippen MR) is 73.5 cm³/mol. The van der Waals surface area contributed by atoms with Gasteiger partial charge in [-0.15, -0.1) is 6.58 Å². The number of carbonyl (C=O) groups excluding carboxylic acids is 1. The van der Waals surface area contributed by atoms with E-state index in [-0.39, 0.29) is 35.8 Å². The molecule has 0 saturated heterocycles. The number of aromatic amines is 1. The molecule has 0 aliphatic rings. The van der Waals surface area contributed by atoms with Crippen molar-refractivity contribution in [3.8, 4) is 0 Å². The van der Waals surface area contributed by atoms with Gasteiger partial charge in [-0.05, 0) is 0 Å². The van der Waals surface area contributed by atoms with Crippen molar-refractivity contribution < 1.29 is 9.53 Å². The van der Waals surface area contributed by atoms with Crippen molar-refractivity contribution in [2.45, 2.75) is 6.54 Å². The maximum Gasteiger partial charge on any atom is 0.414 e. The minimum Gasteiger partial charge on any atom is -0.445 e. The van der Waals surface area contributed by atoms with Crippen molar-refractivity contribution in [3.63, 3.8) is 0 Å². The monoisotopic (exact) mass is 275 g/mol. The molecule has 2 aromatic rings. The van der Waals surface area contributed by atoms with Gasteiger partial charge < -0.3 is 9.72 Å². The number of anilines is 1. The fourth-order valence-corrected chi connectivity index (χ4v) is 1.58. The molecule has 0 aromatic carbocycles. The van der Waals surface area contributed by atoms with Gasteiger partial charge in [-0.2, -0.15) is 4.98 Å². The van der Waals surface area contributed by atoms with Gasteiger partial charge in [0.15, 0.2) is 11.2 Å². The third-order valence-electron chi connectivity index (χ3n) is 2.40. The van der Waals surface area contributed by atoms with Crippen molar-refractivity contribution in [2.24, 2.45) is 0 Å². The van der Waals surface area contributed by atoms with Gasteiger partial charge in [-0.25, -0.2) is 9.78 Å². The van der Waals surface area contributed by atoms with Crippen LogP contribution in [0, 0.1) is 0 Å². The zero-order chi connectivity index (χ0) is 14.5. The number of carbonyl (C=O) groups is 1. The predicted octanol–water partition coefficient (Wildman–Crippen LogP) is 1.04. The number of H-pyrrole nitrogens is 1. The van der Waals surface area contributed by atoms with Crippen molar-refractivity contribution in [1.82, 2.24) is 19.5 Å². The molecule has 0 saturated carbocycles. The Morgan fingerprint density at radius 3 is 3.00 bits per heavy atom. The Kier molecular flexibility index (Phi) is 3.94. The second-order valence-electron chi connectivity index (χ2n) is 3.75. The first-order chi connectivity index (χ1) is 9.67. The van der Waals surface area contributed by atoms with Crippen LogP contribution in [0.3, 0.4) is 0 Å². The second kappa shape index (κ2) is 5.83. The number of fused-ring (bicyclic) bond motifs is 1. The zero-order valence-corrected chi connectivity index (χ0v) is 10.6. The molecule has 8 nitrogen and oxygen atoms in total. The number of imidazole rings is 1. The Labute approximate surface area is 113 Å². The number of hydrogen-bond acceptors (Lipinski definition) is 5. The summed E-state index contributed by atoms with van der Waals surface area (Å²) in [5.74, 6) is 0.0450. The highest BCUT2D eigenvalue weighted by molar-refractivity contribution is 5.83. The van der Waals surface area contributed by atoms with E-state index >= 15 is 0 Å².